The largest absolute Gasteiger partial charge is 0.465 e. The molecule has 8 saturated heterocycles. The molecule has 30 atom stereocenters. The van der Waals surface area contributed by atoms with Crippen LogP contribution in [0, 0.1) is 75.4 Å². The lowest BCUT2D eigenvalue weighted by atomic mass is 9.83. The van der Waals surface area contributed by atoms with Gasteiger partial charge in [0.05, 0.1) is 190 Å². The molecule has 0 radical (unpaired) electrons. The molecule has 0 bridgehead atoms. The predicted octanol–water partition coefficient (Wildman–Crippen LogP) is 23.9. The third kappa shape index (κ3) is 37.3. The third-order valence-corrected chi connectivity index (χ3v) is 37.7. The van der Waals surface area contributed by atoms with Gasteiger partial charge in [-0.15, -0.1) is 0 Å². The molecule has 24 nitrogen and oxygen atoms in total. The number of aliphatic hydroxyl groups is 1. The van der Waals surface area contributed by atoms with Gasteiger partial charge in [0.2, 0.25) is 0 Å². The number of methoxy groups -OCH3 is 3. The molecule has 8 aliphatic heterocycles. The topological polar surface area (TPSA) is 303 Å². The Hall–Kier alpha value is -6.12. The number of carbonyl (C=O) groups is 3. The zero-order valence-corrected chi connectivity index (χ0v) is 96.6. The second kappa shape index (κ2) is 58.1. The van der Waals surface area contributed by atoms with Crippen molar-refractivity contribution in [1.29, 1.82) is 0 Å². The fourth-order valence-electron chi connectivity index (χ4n) is 22.3. The minimum Gasteiger partial charge on any atom is -0.465 e. The van der Waals surface area contributed by atoms with Gasteiger partial charge in [-0.3, -0.25) is 14.4 Å². The lowest BCUT2D eigenvalue weighted by molar-refractivity contribution is -0.154. The van der Waals surface area contributed by atoms with Crippen molar-refractivity contribution >= 4 is 47.4 Å². The van der Waals surface area contributed by atoms with Crippen LogP contribution in [-0.2, 0) is 110 Å². The van der Waals surface area contributed by atoms with E-state index in [0.717, 1.165) is 188 Å². The van der Waals surface area contributed by atoms with Crippen molar-refractivity contribution in [2.24, 2.45) is 75.4 Å². The molecule has 0 saturated carbocycles. The van der Waals surface area contributed by atoms with Crippen molar-refractivity contribution in [1.82, 2.24) is 0 Å². The summed E-state index contributed by atoms with van der Waals surface area (Å²) in [5.74, 6) is 0.409. The summed E-state index contributed by atoms with van der Waals surface area (Å²) >= 11 is 0. The van der Waals surface area contributed by atoms with E-state index < -0.39 is 63.9 Å². The number of benzene rings is 3. The maximum absolute atomic E-state index is 13.6. The van der Waals surface area contributed by atoms with Crippen molar-refractivity contribution in [2.45, 2.75) is 442 Å². The number of carbonyl (C=O) groups excluding carboxylic acids is 3. The van der Waals surface area contributed by atoms with E-state index in [2.05, 4.69) is 109 Å². The van der Waals surface area contributed by atoms with E-state index in [-0.39, 0.29) is 186 Å². The van der Waals surface area contributed by atoms with Crippen LogP contribution in [-0.4, -0.2) is 229 Å². The molecule has 3 aromatic carbocycles. The van der Waals surface area contributed by atoms with Gasteiger partial charge >= 0.3 is 17.9 Å². The zero-order chi connectivity index (χ0) is 109. The van der Waals surface area contributed by atoms with Gasteiger partial charge in [-0.05, 0) is 308 Å². The van der Waals surface area contributed by atoms with Gasteiger partial charge in [0, 0.05) is 58.3 Å². The van der Waals surface area contributed by atoms with Gasteiger partial charge in [0.25, 0.3) is 0 Å². The van der Waals surface area contributed by atoms with E-state index >= 15 is 0 Å². The van der Waals surface area contributed by atoms with E-state index in [1.54, 1.807) is 100 Å². The molecule has 5 unspecified atom stereocenters. The number of hydrogen-bond donors (Lipinski definition) is 1. The van der Waals surface area contributed by atoms with Gasteiger partial charge < -0.3 is 71.4 Å². The summed E-state index contributed by atoms with van der Waals surface area (Å²) < 4.78 is 168. The van der Waals surface area contributed by atoms with Crippen LogP contribution in [0.15, 0.2) is 179 Å². The SMILES string of the molecule is C=C(C(O)C[C@@H]1O[C@H](C[C@H](C)CC)[C@H](OC)[C@H]1CS(=O)(=O)c1ccccc1)[C@H](C)C[C@H](C)CC[C@@H]1O[C@@H](CCCOC(=O)C(C)(C)C)CC1=C.C=C1C(C[C@@H]2O[C@H](C[C@H](C)CC)[C@H](OC)[C@H]2CS(=O)(=O)c2ccccc2)OC(CC[C@@H]2O[C@@H](CCCOC(=O)C(C)(C)C)CC2=C)C[C@H]1C.C=C1C(C[C@@H]2O[C@H](C[C@H](C)CC)[C@H](OC)[C@H]2CS(=O)(=O)c2ccccc2)OC(CC[C@@H]2O[C@@H](CCCOC(=O)C(C)(C)C)CC2=C)C[C@H]1C. The summed E-state index contributed by atoms with van der Waals surface area (Å²) in [6.45, 7) is 65.8. The molecule has 1 N–H and O–H groups in total. The van der Waals surface area contributed by atoms with Gasteiger partial charge in [-0.1, -0.05) is 183 Å². The Balaban J connectivity index is 0.000000247. The Morgan fingerprint density at radius 1 is 0.385 bits per heavy atom. The molecule has 0 spiro atoms. The van der Waals surface area contributed by atoms with Crippen LogP contribution in [0.5, 0.6) is 0 Å². The minimum absolute atomic E-state index is 0.0147. The summed E-state index contributed by atoms with van der Waals surface area (Å²) in [4.78, 5) is 37.1. The van der Waals surface area contributed by atoms with Gasteiger partial charge in [0.15, 0.2) is 29.5 Å². The highest BCUT2D eigenvalue weighted by molar-refractivity contribution is 7.92. The molecule has 11 rings (SSSR count). The standard InChI is InChI=1S/C41H66O8S.2C40H62O8S/c1-11-27(2)23-38-39(46-10)34(26-50(44,45)33-17-13-12-14-18-33)37(49-38)25-35(42)31(6)29(4)22-28(3)19-20-36-30(5)24-32(48-36)16-15-21-47-40(43)41(7,8)9;2*1-10-26(2)21-37-38(44-9)33(25-49(42,43)32-16-12-11-13-17-32)36(48-37)24-35-29(5)27(3)22-31(47-35)18-19-34-28(4)23-30(46-34)15-14-20-45-39(41)40(6,7)8/h12-14,17-18,27-29,32,34-39,42H,5-6,11,15-16,19-26H2,1-4,7-10H3;2*11-13,16-17,26-27,30-31,33-38H,4-5,10,14-15,18-25H2,1-3,6-9H3/t27-,28-,29-,32+,34+,35?,36+,37+,38-,39-;2*26-,27-,30+,31?,33+,34+,35?,36+,37-,38-/m111/s1. The average molecular weight is 2130 g/mol. The first kappa shape index (κ1) is 125. The minimum atomic E-state index is -3.60. The lowest BCUT2D eigenvalue weighted by Gasteiger charge is -2.38. The zero-order valence-electron chi connectivity index (χ0n) is 94.1. The number of ether oxygens (including phenoxy) is 14. The maximum atomic E-state index is 13.6. The number of hydrogen-bond acceptors (Lipinski definition) is 24. The van der Waals surface area contributed by atoms with E-state index in [9.17, 15) is 44.7 Å². The van der Waals surface area contributed by atoms with Crippen LogP contribution >= 0.6 is 0 Å². The van der Waals surface area contributed by atoms with Gasteiger partial charge in [-0.2, -0.15) is 0 Å². The number of rotatable bonds is 52. The Bertz CT molecular complexity index is 4820. The quantitative estimate of drug-likeness (QED) is 0.0238. The molecule has 836 valence electrons. The summed E-state index contributed by atoms with van der Waals surface area (Å²) in [7, 11) is -5.77. The number of esters is 3. The number of aliphatic hydroxyl groups excluding tert-OH is 1. The summed E-state index contributed by atoms with van der Waals surface area (Å²) in [6.07, 6.45) is 18.1. The van der Waals surface area contributed by atoms with Crippen LogP contribution in [0.25, 0.3) is 0 Å². The Morgan fingerprint density at radius 3 is 0.973 bits per heavy atom. The molecular weight excluding hydrogens is 1930 g/mol. The van der Waals surface area contributed by atoms with Crippen LogP contribution < -0.4 is 0 Å². The molecular formula is C121H190O24S3. The van der Waals surface area contributed by atoms with Crippen molar-refractivity contribution in [3.8, 4) is 0 Å². The third-order valence-electron chi connectivity index (χ3n) is 32.3. The fourth-order valence-corrected chi connectivity index (χ4v) is 27.3. The molecule has 27 heteroatoms. The first-order valence-electron chi connectivity index (χ1n) is 55.7. The van der Waals surface area contributed by atoms with Gasteiger partial charge in [0.1, 0.15) is 0 Å². The highest BCUT2D eigenvalue weighted by atomic mass is 32.2. The van der Waals surface area contributed by atoms with Crippen LogP contribution in [0.1, 0.15) is 305 Å². The normalized spacial score (nSPS) is 30.0. The van der Waals surface area contributed by atoms with Crippen LogP contribution in [0.3, 0.4) is 0 Å². The van der Waals surface area contributed by atoms with Crippen molar-refractivity contribution in [3.05, 3.63) is 164 Å². The molecule has 0 amide bonds. The molecule has 148 heavy (non-hydrogen) atoms. The highest BCUT2D eigenvalue weighted by Crippen LogP contribution is 2.47. The van der Waals surface area contributed by atoms with Crippen LogP contribution in [0.2, 0.25) is 0 Å². The molecule has 3 aromatic rings. The Kier molecular flexibility index (Phi) is 49.2. The predicted molar refractivity (Wildman–Crippen MR) is 586 cm³/mol. The first-order chi connectivity index (χ1) is 69.7. The summed E-state index contributed by atoms with van der Waals surface area (Å²) in [6, 6.07) is 25.9. The molecule has 8 aliphatic rings. The monoisotopic (exact) mass is 2120 g/mol. The van der Waals surface area contributed by atoms with E-state index in [4.69, 9.17) is 66.3 Å². The Labute approximate surface area is 892 Å². The molecule has 8 heterocycles. The molecule has 0 aliphatic carbocycles. The second-order valence-electron chi connectivity index (χ2n) is 47.9. The Morgan fingerprint density at radius 2 is 0.676 bits per heavy atom. The highest BCUT2D eigenvalue weighted by Gasteiger charge is 2.53. The van der Waals surface area contributed by atoms with E-state index in [1.165, 1.54) is 0 Å². The average Bonchev–Trinajstić information content (AvgIpc) is 1.64. The first-order valence-corrected chi connectivity index (χ1v) is 60.6. The van der Waals surface area contributed by atoms with Crippen molar-refractivity contribution in [3.63, 3.8) is 0 Å². The maximum Gasteiger partial charge on any atom is 0.311 e. The van der Waals surface area contributed by atoms with Crippen LogP contribution in [0.4, 0.5) is 0 Å². The fraction of sp³-hybridized carbons (Fsp3) is 0.727. The molecule has 8 fully saturated rings. The van der Waals surface area contributed by atoms with Crippen molar-refractivity contribution < 1.29 is 111 Å². The smallest absolute Gasteiger partial charge is 0.311 e. The number of sulfone groups is 3. The summed E-state index contributed by atoms with van der Waals surface area (Å²) in [5, 5.41) is 11.5. The molecule has 0 aromatic heterocycles. The second-order valence-corrected chi connectivity index (χ2v) is 54.0. The van der Waals surface area contributed by atoms with E-state index in [0.29, 0.717) is 66.1 Å². The lowest BCUT2D eigenvalue weighted by Crippen LogP contribution is -2.40. The van der Waals surface area contributed by atoms with E-state index in [1.807, 2.05) is 74.4 Å². The van der Waals surface area contributed by atoms with Crippen molar-refractivity contribution in [2.75, 3.05) is 58.4 Å². The van der Waals surface area contributed by atoms with Gasteiger partial charge in [-0.25, -0.2) is 25.3 Å². The summed E-state index contributed by atoms with van der Waals surface area (Å²) in [5.41, 5.74) is 4.70.